The van der Waals surface area contributed by atoms with Crippen LogP contribution >= 0.6 is 0 Å². The smallest absolute Gasteiger partial charge is 0.258 e. The Morgan fingerprint density at radius 1 is 0.897 bits per heavy atom. The number of aromatic nitrogens is 2. The molecule has 0 unspecified atom stereocenters. The number of benzene rings is 3. The number of hydrogen-bond donors (Lipinski definition) is 1. The molecule has 0 saturated heterocycles. The molecule has 0 radical (unpaired) electrons. The van der Waals surface area contributed by atoms with Gasteiger partial charge in [-0.3, -0.25) is 4.79 Å². The lowest BCUT2D eigenvalue weighted by Gasteiger charge is -2.06. The van der Waals surface area contributed by atoms with Crippen LogP contribution in [0.25, 0.3) is 23.5 Å². The second-order valence-corrected chi connectivity index (χ2v) is 6.21. The summed E-state index contributed by atoms with van der Waals surface area (Å²) in [6.45, 7) is 0. The average Bonchev–Trinajstić information content (AvgIpc) is 3.23. The zero-order valence-corrected chi connectivity index (χ0v) is 15.2. The van der Waals surface area contributed by atoms with Crippen molar-refractivity contribution < 1.29 is 13.7 Å². The molecule has 0 saturated carbocycles. The van der Waals surface area contributed by atoms with Gasteiger partial charge < -0.3 is 9.84 Å². The van der Waals surface area contributed by atoms with Crippen molar-refractivity contribution in [3.63, 3.8) is 0 Å². The molecule has 29 heavy (non-hydrogen) atoms. The highest BCUT2D eigenvalue weighted by Crippen LogP contribution is 2.20. The summed E-state index contributed by atoms with van der Waals surface area (Å²) in [7, 11) is 0. The Bertz CT molecular complexity index is 1150. The third-order valence-electron chi connectivity index (χ3n) is 4.18. The molecule has 4 rings (SSSR count). The van der Waals surface area contributed by atoms with Crippen molar-refractivity contribution in [1.29, 1.82) is 0 Å². The van der Waals surface area contributed by atoms with Crippen LogP contribution in [0.1, 0.15) is 21.8 Å². The molecule has 142 valence electrons. The summed E-state index contributed by atoms with van der Waals surface area (Å²) in [5.74, 6) is -0.251. The Labute approximate surface area is 166 Å². The summed E-state index contributed by atoms with van der Waals surface area (Å²) in [5, 5.41) is 6.64. The van der Waals surface area contributed by atoms with E-state index < -0.39 is 11.7 Å². The van der Waals surface area contributed by atoms with Gasteiger partial charge in [0.2, 0.25) is 5.82 Å². The van der Waals surface area contributed by atoms with Crippen molar-refractivity contribution in [3.05, 3.63) is 102 Å². The van der Waals surface area contributed by atoms with Gasteiger partial charge in [0.1, 0.15) is 5.82 Å². The molecule has 0 spiro atoms. The number of carbonyl (C=O) groups excluding carboxylic acids is 1. The third kappa shape index (κ3) is 4.44. The number of carbonyl (C=O) groups is 1. The summed E-state index contributed by atoms with van der Waals surface area (Å²) in [4.78, 5) is 16.5. The van der Waals surface area contributed by atoms with Crippen LogP contribution in [0.3, 0.4) is 0 Å². The fourth-order valence-corrected chi connectivity index (χ4v) is 2.70. The van der Waals surface area contributed by atoms with Gasteiger partial charge in [0, 0.05) is 17.3 Å². The van der Waals surface area contributed by atoms with Crippen LogP contribution in [0.2, 0.25) is 0 Å². The van der Waals surface area contributed by atoms with Crippen molar-refractivity contribution in [2.75, 3.05) is 5.32 Å². The van der Waals surface area contributed by atoms with E-state index in [1.807, 2.05) is 36.4 Å². The van der Waals surface area contributed by atoms with Crippen molar-refractivity contribution in [3.8, 4) is 11.4 Å². The summed E-state index contributed by atoms with van der Waals surface area (Å²) >= 11 is 0. The first kappa shape index (κ1) is 18.3. The van der Waals surface area contributed by atoms with Crippen LogP contribution in [0.4, 0.5) is 10.1 Å². The van der Waals surface area contributed by atoms with Gasteiger partial charge in [-0.2, -0.15) is 4.98 Å². The zero-order valence-electron chi connectivity index (χ0n) is 15.2. The summed E-state index contributed by atoms with van der Waals surface area (Å²) in [6.07, 6.45) is 3.63. The second kappa shape index (κ2) is 8.31. The van der Waals surface area contributed by atoms with Crippen molar-refractivity contribution in [2.24, 2.45) is 0 Å². The molecule has 6 heteroatoms. The topological polar surface area (TPSA) is 68.0 Å². The predicted molar refractivity (Wildman–Crippen MR) is 109 cm³/mol. The van der Waals surface area contributed by atoms with Gasteiger partial charge in [0.15, 0.2) is 0 Å². The number of hydrogen-bond acceptors (Lipinski definition) is 4. The number of halogens is 1. The standard InChI is InChI=1S/C23H16FN3O2/c24-20-9-5-4-8-19(20)23(28)25-18-13-11-17(12-14-18)22-26-21(29-27-22)15-10-16-6-2-1-3-7-16/h1-15H,(H,25,28). The first-order chi connectivity index (χ1) is 14.2. The quantitative estimate of drug-likeness (QED) is 0.506. The third-order valence-corrected chi connectivity index (χ3v) is 4.18. The van der Waals surface area contributed by atoms with Crippen LogP contribution in [0.5, 0.6) is 0 Å². The van der Waals surface area contributed by atoms with E-state index in [2.05, 4.69) is 15.5 Å². The Balaban J connectivity index is 1.44. The number of amides is 1. The fraction of sp³-hybridized carbons (Fsp3) is 0. The SMILES string of the molecule is O=C(Nc1ccc(-c2noc(C=Cc3ccccc3)n2)cc1)c1ccccc1F. The molecule has 1 heterocycles. The molecule has 1 aromatic heterocycles. The van der Waals surface area contributed by atoms with Crippen molar-refractivity contribution in [1.82, 2.24) is 10.1 Å². The van der Waals surface area contributed by atoms with Gasteiger partial charge in [0.25, 0.3) is 11.8 Å². The second-order valence-electron chi connectivity index (χ2n) is 6.21. The summed E-state index contributed by atoms with van der Waals surface area (Å²) < 4.78 is 19.0. The molecule has 1 amide bonds. The van der Waals surface area contributed by atoms with Crippen molar-refractivity contribution in [2.45, 2.75) is 0 Å². The maximum atomic E-state index is 13.7. The normalized spacial score (nSPS) is 10.9. The number of anilines is 1. The molecular formula is C23H16FN3O2. The monoisotopic (exact) mass is 385 g/mol. The van der Waals surface area contributed by atoms with Gasteiger partial charge in [-0.25, -0.2) is 4.39 Å². The lowest BCUT2D eigenvalue weighted by molar-refractivity contribution is 0.102. The first-order valence-electron chi connectivity index (χ1n) is 8.92. The van der Waals surface area contributed by atoms with Crippen LogP contribution in [-0.2, 0) is 0 Å². The molecule has 4 aromatic rings. The highest BCUT2D eigenvalue weighted by atomic mass is 19.1. The lowest BCUT2D eigenvalue weighted by Crippen LogP contribution is -2.13. The molecule has 5 nitrogen and oxygen atoms in total. The van der Waals surface area contributed by atoms with Crippen LogP contribution in [0, 0.1) is 5.82 Å². The van der Waals surface area contributed by atoms with E-state index in [0.717, 1.165) is 11.1 Å². The highest BCUT2D eigenvalue weighted by molar-refractivity contribution is 6.04. The molecule has 0 atom stereocenters. The Kier molecular flexibility index (Phi) is 5.25. The lowest BCUT2D eigenvalue weighted by atomic mass is 10.1. The van der Waals surface area contributed by atoms with Gasteiger partial charge in [-0.05, 0) is 48.0 Å². The van der Waals surface area contributed by atoms with Crippen molar-refractivity contribution >= 4 is 23.7 Å². The maximum absolute atomic E-state index is 13.7. The number of nitrogens with one attached hydrogen (secondary N) is 1. The Morgan fingerprint density at radius 3 is 2.38 bits per heavy atom. The molecule has 3 aromatic carbocycles. The van der Waals surface area contributed by atoms with E-state index in [1.165, 1.54) is 18.2 Å². The average molecular weight is 385 g/mol. The largest absolute Gasteiger partial charge is 0.334 e. The zero-order chi connectivity index (χ0) is 20.1. The van der Waals surface area contributed by atoms with E-state index in [4.69, 9.17) is 4.52 Å². The molecule has 0 fully saturated rings. The molecule has 1 N–H and O–H groups in total. The van der Waals surface area contributed by atoms with Crippen LogP contribution < -0.4 is 5.32 Å². The van der Waals surface area contributed by atoms with Gasteiger partial charge in [-0.1, -0.05) is 47.6 Å². The molecule has 0 bridgehead atoms. The minimum atomic E-state index is -0.565. The minimum absolute atomic E-state index is 0.00964. The van der Waals surface area contributed by atoms with E-state index in [-0.39, 0.29) is 5.56 Å². The summed E-state index contributed by atoms with van der Waals surface area (Å²) in [5.41, 5.74) is 2.29. The van der Waals surface area contributed by atoms with Gasteiger partial charge in [0.05, 0.1) is 5.56 Å². The highest BCUT2D eigenvalue weighted by Gasteiger charge is 2.12. The van der Waals surface area contributed by atoms with E-state index >= 15 is 0 Å². The van der Waals surface area contributed by atoms with Gasteiger partial charge in [-0.15, -0.1) is 0 Å². The molecule has 0 aliphatic carbocycles. The molecular weight excluding hydrogens is 369 g/mol. The van der Waals surface area contributed by atoms with Crippen LogP contribution in [-0.4, -0.2) is 16.0 Å². The first-order valence-corrected chi connectivity index (χ1v) is 8.92. The summed E-state index contributed by atoms with van der Waals surface area (Å²) in [6, 6.07) is 22.5. The van der Waals surface area contributed by atoms with E-state index in [9.17, 15) is 9.18 Å². The Morgan fingerprint density at radius 2 is 1.62 bits per heavy atom. The minimum Gasteiger partial charge on any atom is -0.334 e. The molecule has 0 aliphatic heterocycles. The van der Waals surface area contributed by atoms with Gasteiger partial charge >= 0.3 is 0 Å². The maximum Gasteiger partial charge on any atom is 0.258 e. The predicted octanol–water partition coefficient (Wildman–Crippen LogP) is 5.30. The Hall–Kier alpha value is -4.06. The number of rotatable bonds is 5. The fourth-order valence-electron chi connectivity index (χ4n) is 2.70. The molecule has 0 aliphatic rings. The number of nitrogens with zero attached hydrogens (tertiary/aromatic N) is 2. The van der Waals surface area contributed by atoms with E-state index in [0.29, 0.717) is 17.4 Å². The van der Waals surface area contributed by atoms with Crippen LogP contribution in [0.15, 0.2) is 83.4 Å². The van der Waals surface area contributed by atoms with E-state index in [1.54, 1.807) is 36.4 Å².